The number of rotatable bonds is 8. The van der Waals surface area contributed by atoms with Crippen molar-refractivity contribution in [2.75, 3.05) is 39.6 Å². The van der Waals surface area contributed by atoms with Crippen LogP contribution in [0.3, 0.4) is 0 Å². The van der Waals surface area contributed by atoms with E-state index in [0.717, 1.165) is 110 Å². The van der Waals surface area contributed by atoms with Crippen LogP contribution in [0.5, 0.6) is 0 Å². The molecule has 11 heteroatoms. The van der Waals surface area contributed by atoms with Crippen LogP contribution in [0, 0.1) is 17.8 Å². The minimum Gasteiger partial charge on any atom is -0.360 e. The summed E-state index contributed by atoms with van der Waals surface area (Å²) in [7, 11) is 2.21. The van der Waals surface area contributed by atoms with Gasteiger partial charge in [0.25, 0.3) is 0 Å². The SMILES string of the molecule is CCCCC1(C2CCCc3c(-c4nc(SC)c5c(C#CC6CCC(C)CN6)nn(CC6CCCN6C)c5n4)noc32)OCCO1. The minimum absolute atomic E-state index is 0.0157. The van der Waals surface area contributed by atoms with Gasteiger partial charge in [-0.1, -0.05) is 31.3 Å². The number of likely N-dealkylation sites (N-methyl/N-ethyl adjacent to an activating group) is 1. The van der Waals surface area contributed by atoms with Gasteiger partial charge in [-0.25, -0.2) is 14.6 Å². The van der Waals surface area contributed by atoms with E-state index in [1.54, 1.807) is 11.8 Å². The van der Waals surface area contributed by atoms with Gasteiger partial charge in [-0.15, -0.1) is 11.8 Å². The van der Waals surface area contributed by atoms with Gasteiger partial charge in [0.2, 0.25) is 0 Å². The molecule has 242 valence electrons. The number of piperidine rings is 1. The van der Waals surface area contributed by atoms with Gasteiger partial charge in [0.1, 0.15) is 16.5 Å². The van der Waals surface area contributed by atoms with Crippen LogP contribution in [0.1, 0.15) is 94.6 Å². The lowest BCUT2D eigenvalue weighted by atomic mass is 9.80. The number of nitrogens with zero attached hydrogens (tertiary/aromatic N) is 6. The topological polar surface area (TPSA) is 103 Å². The molecule has 3 aromatic rings. The summed E-state index contributed by atoms with van der Waals surface area (Å²) in [6, 6.07) is 0.598. The molecule has 0 radical (unpaired) electrons. The Hall–Kier alpha value is -2.49. The Morgan fingerprint density at radius 3 is 2.71 bits per heavy atom. The quantitative estimate of drug-likeness (QED) is 0.197. The average Bonchev–Trinajstić information content (AvgIpc) is 3.87. The van der Waals surface area contributed by atoms with Crippen molar-refractivity contribution in [3.05, 3.63) is 17.0 Å². The van der Waals surface area contributed by atoms with Gasteiger partial charge in [-0.2, -0.15) is 5.10 Å². The van der Waals surface area contributed by atoms with Crippen molar-refractivity contribution in [1.29, 1.82) is 0 Å². The van der Waals surface area contributed by atoms with Gasteiger partial charge in [-0.3, -0.25) is 0 Å². The third-order valence-corrected chi connectivity index (χ3v) is 11.0. The molecule has 1 N–H and O–H groups in total. The highest BCUT2D eigenvalue weighted by molar-refractivity contribution is 7.98. The van der Waals surface area contributed by atoms with E-state index in [-0.39, 0.29) is 12.0 Å². The van der Waals surface area contributed by atoms with Gasteiger partial charge < -0.3 is 24.2 Å². The number of likely N-dealkylation sites (tertiary alicyclic amines) is 1. The molecule has 4 atom stereocenters. The van der Waals surface area contributed by atoms with Crippen molar-refractivity contribution in [2.45, 2.75) is 113 Å². The summed E-state index contributed by atoms with van der Waals surface area (Å²) in [5.41, 5.74) is 3.41. The van der Waals surface area contributed by atoms with Gasteiger partial charge >= 0.3 is 0 Å². The number of aromatic nitrogens is 5. The first kappa shape index (κ1) is 31.1. The first-order chi connectivity index (χ1) is 22.0. The second-order valence-electron chi connectivity index (χ2n) is 13.4. The molecule has 1 aliphatic carbocycles. The standard InChI is InChI=1S/C34H47N7O3S/c1-5-6-16-34(42-18-19-43-34)26-11-7-10-25-29(39-44-30(25)26)31-36-32-28(33(37-31)45-4)27(15-14-23-13-12-22(2)20-35-23)38-41(32)21-24-9-8-17-40(24)3/h22-24,26,35H,5-13,16-21H2,1-4H3. The summed E-state index contributed by atoms with van der Waals surface area (Å²) in [4.78, 5) is 12.7. The van der Waals surface area contributed by atoms with Crippen LogP contribution in [0.4, 0.5) is 0 Å². The number of thioether (sulfide) groups is 1. The van der Waals surface area contributed by atoms with E-state index >= 15 is 0 Å². The Kier molecular flexibility index (Phi) is 9.21. The molecule has 3 aliphatic heterocycles. The van der Waals surface area contributed by atoms with Crippen LogP contribution in [0.2, 0.25) is 0 Å². The average molecular weight is 634 g/mol. The maximum atomic E-state index is 6.33. The molecule has 3 saturated heterocycles. The molecule has 0 amide bonds. The Labute approximate surface area is 270 Å². The van der Waals surface area contributed by atoms with Crippen LogP contribution in [-0.2, 0) is 22.4 Å². The molecule has 3 aromatic heterocycles. The van der Waals surface area contributed by atoms with Crippen molar-refractivity contribution in [1.82, 2.24) is 35.1 Å². The molecular weight excluding hydrogens is 586 g/mol. The first-order valence-corrected chi connectivity index (χ1v) is 18.3. The highest BCUT2D eigenvalue weighted by Gasteiger charge is 2.49. The predicted molar refractivity (Wildman–Crippen MR) is 175 cm³/mol. The maximum absolute atomic E-state index is 6.33. The van der Waals surface area contributed by atoms with Crippen molar-refractivity contribution in [3.63, 3.8) is 0 Å². The zero-order chi connectivity index (χ0) is 31.0. The largest absolute Gasteiger partial charge is 0.360 e. The first-order valence-electron chi connectivity index (χ1n) is 17.0. The van der Waals surface area contributed by atoms with Gasteiger partial charge in [0, 0.05) is 18.0 Å². The van der Waals surface area contributed by atoms with E-state index in [1.165, 1.54) is 12.8 Å². The highest BCUT2D eigenvalue weighted by atomic mass is 32.2. The van der Waals surface area contributed by atoms with Crippen LogP contribution >= 0.6 is 11.8 Å². The third kappa shape index (κ3) is 6.05. The summed E-state index contributed by atoms with van der Waals surface area (Å²) < 4.78 is 20.9. The van der Waals surface area contributed by atoms with E-state index in [0.29, 0.717) is 31.0 Å². The van der Waals surface area contributed by atoms with E-state index in [4.69, 9.17) is 29.1 Å². The number of hydrogen-bond donors (Lipinski definition) is 1. The number of unbranched alkanes of at least 4 members (excludes halogenated alkanes) is 1. The molecule has 3 fully saturated rings. The molecule has 4 unspecified atom stereocenters. The van der Waals surface area contributed by atoms with Gasteiger partial charge in [-0.05, 0) is 89.6 Å². The lowest BCUT2D eigenvalue weighted by Gasteiger charge is -2.36. The summed E-state index contributed by atoms with van der Waals surface area (Å²) in [5, 5.41) is 15.2. The number of fused-ring (bicyclic) bond motifs is 2. The van der Waals surface area contributed by atoms with Crippen molar-refractivity contribution in [2.24, 2.45) is 5.92 Å². The molecule has 0 aromatic carbocycles. The zero-order valence-electron chi connectivity index (χ0n) is 27.2. The smallest absolute Gasteiger partial charge is 0.185 e. The highest BCUT2D eigenvalue weighted by Crippen LogP contribution is 2.48. The normalized spacial score (nSPS) is 26.7. The second kappa shape index (κ2) is 13.3. The molecule has 0 spiro atoms. The summed E-state index contributed by atoms with van der Waals surface area (Å²) >= 11 is 1.61. The summed E-state index contributed by atoms with van der Waals surface area (Å²) in [6.45, 7) is 8.62. The van der Waals surface area contributed by atoms with Crippen LogP contribution < -0.4 is 5.32 Å². The summed E-state index contributed by atoms with van der Waals surface area (Å²) in [5.74, 6) is 8.49. The maximum Gasteiger partial charge on any atom is 0.185 e. The monoisotopic (exact) mass is 633 g/mol. The van der Waals surface area contributed by atoms with Gasteiger partial charge in [0.15, 0.2) is 23.0 Å². The van der Waals surface area contributed by atoms with Crippen molar-refractivity contribution >= 4 is 22.8 Å². The second-order valence-corrected chi connectivity index (χ2v) is 14.2. The van der Waals surface area contributed by atoms with Crippen LogP contribution in [0.15, 0.2) is 9.55 Å². The van der Waals surface area contributed by atoms with Crippen molar-refractivity contribution < 1.29 is 14.0 Å². The fourth-order valence-electron chi connectivity index (χ4n) is 7.66. The van der Waals surface area contributed by atoms with Crippen LogP contribution in [0.25, 0.3) is 22.6 Å². The zero-order valence-corrected chi connectivity index (χ0v) is 28.0. The molecule has 10 nitrogen and oxygen atoms in total. The number of ether oxygens (including phenoxy) is 2. The van der Waals surface area contributed by atoms with E-state index in [1.807, 2.05) is 0 Å². The Bertz CT molecular complexity index is 1560. The van der Waals surface area contributed by atoms with Crippen LogP contribution in [-0.4, -0.2) is 87.3 Å². The molecule has 7 rings (SSSR count). The molecule has 4 aliphatic rings. The van der Waals surface area contributed by atoms with Gasteiger partial charge in [0.05, 0.1) is 37.1 Å². The van der Waals surface area contributed by atoms with E-state index < -0.39 is 5.79 Å². The summed E-state index contributed by atoms with van der Waals surface area (Å²) in [6.07, 6.45) is 12.5. The fourth-order valence-corrected chi connectivity index (χ4v) is 8.23. The molecule has 6 heterocycles. The van der Waals surface area contributed by atoms with Crippen molar-refractivity contribution in [3.8, 4) is 23.4 Å². The number of hydrogen-bond acceptors (Lipinski definition) is 10. The van der Waals surface area contributed by atoms with E-state index in [2.05, 4.69) is 59.0 Å². The Morgan fingerprint density at radius 1 is 1.11 bits per heavy atom. The number of nitrogens with one attached hydrogen (secondary N) is 1. The molecular formula is C34H47N7O3S. The minimum atomic E-state index is -0.637. The predicted octanol–water partition coefficient (Wildman–Crippen LogP) is 5.39. The molecule has 0 bridgehead atoms. The van der Waals surface area contributed by atoms with E-state index in [9.17, 15) is 0 Å². The lowest BCUT2D eigenvalue weighted by molar-refractivity contribution is -0.186. The lowest BCUT2D eigenvalue weighted by Crippen LogP contribution is -2.39. The fraction of sp³-hybridized carbons (Fsp3) is 0.706. The third-order valence-electron chi connectivity index (χ3n) is 10.3. The molecule has 45 heavy (non-hydrogen) atoms. The Balaban J connectivity index is 1.29. The molecule has 0 saturated carbocycles. The Morgan fingerprint density at radius 2 is 1.98 bits per heavy atom.